The predicted octanol–water partition coefficient (Wildman–Crippen LogP) is 0.551. The highest BCUT2D eigenvalue weighted by molar-refractivity contribution is 5.66. The van der Waals surface area contributed by atoms with E-state index in [0.717, 1.165) is 17.7 Å². The summed E-state index contributed by atoms with van der Waals surface area (Å²) in [6.07, 6.45) is 1.33. The van der Waals surface area contributed by atoms with Crippen LogP contribution in [-0.4, -0.2) is 38.4 Å². The van der Waals surface area contributed by atoms with Gasteiger partial charge in [0.15, 0.2) is 5.82 Å². The number of tetrazole rings is 1. The Morgan fingerprint density at radius 1 is 1.32 bits per heavy atom. The number of methoxy groups -OCH3 is 1. The first-order valence-corrected chi connectivity index (χ1v) is 5.79. The molecule has 2 aromatic rings. The minimum Gasteiger partial charge on any atom is -0.497 e. The summed E-state index contributed by atoms with van der Waals surface area (Å²) < 4.78 is 6.38. The van der Waals surface area contributed by atoms with Crippen LogP contribution in [0.15, 0.2) is 24.3 Å². The van der Waals surface area contributed by atoms with Gasteiger partial charge in [-0.05, 0) is 34.5 Å². The van der Waals surface area contributed by atoms with Crippen LogP contribution in [0, 0.1) is 0 Å². The van der Waals surface area contributed by atoms with Crippen LogP contribution in [-0.2, 0) is 24.2 Å². The lowest BCUT2D eigenvalue weighted by atomic mass is 10.1. The summed E-state index contributed by atoms with van der Waals surface area (Å²) in [4.78, 5) is 10.6. The minimum absolute atomic E-state index is 0.217. The van der Waals surface area contributed by atoms with Crippen LogP contribution >= 0.6 is 0 Å². The van der Waals surface area contributed by atoms with Crippen LogP contribution in [0.1, 0.15) is 11.4 Å². The number of hydrogen-bond acceptors (Lipinski definition) is 5. The van der Waals surface area contributed by atoms with Crippen LogP contribution < -0.4 is 4.74 Å². The fourth-order valence-electron chi connectivity index (χ4n) is 1.70. The molecule has 1 aromatic carbocycles. The lowest BCUT2D eigenvalue weighted by molar-refractivity contribution is -0.138. The van der Waals surface area contributed by atoms with Crippen molar-refractivity contribution in [1.29, 1.82) is 0 Å². The summed E-state index contributed by atoms with van der Waals surface area (Å²) in [6.45, 7) is -0.217. The van der Waals surface area contributed by atoms with Crippen molar-refractivity contribution in [1.82, 2.24) is 20.2 Å². The monoisotopic (exact) mass is 262 g/mol. The highest BCUT2D eigenvalue weighted by atomic mass is 16.5. The molecule has 19 heavy (non-hydrogen) atoms. The maximum atomic E-state index is 10.6. The normalized spacial score (nSPS) is 10.4. The first-order valence-electron chi connectivity index (χ1n) is 5.79. The van der Waals surface area contributed by atoms with Gasteiger partial charge in [-0.2, -0.15) is 0 Å². The highest BCUT2D eigenvalue weighted by Crippen LogP contribution is 2.12. The fraction of sp³-hybridized carbons (Fsp3) is 0.333. The molecule has 2 rings (SSSR count). The second-order valence-electron chi connectivity index (χ2n) is 3.99. The third-order valence-corrected chi connectivity index (χ3v) is 2.69. The van der Waals surface area contributed by atoms with Crippen molar-refractivity contribution >= 4 is 5.97 Å². The molecule has 0 fully saturated rings. The molecule has 0 aliphatic heterocycles. The molecule has 1 heterocycles. The van der Waals surface area contributed by atoms with E-state index in [1.807, 2.05) is 24.3 Å². The number of hydrogen-bond donors (Lipinski definition) is 1. The van der Waals surface area contributed by atoms with E-state index in [9.17, 15) is 4.79 Å². The van der Waals surface area contributed by atoms with Gasteiger partial charge in [0.25, 0.3) is 0 Å². The zero-order valence-electron chi connectivity index (χ0n) is 10.5. The molecule has 7 nitrogen and oxygen atoms in total. The van der Waals surface area contributed by atoms with E-state index < -0.39 is 5.97 Å². The van der Waals surface area contributed by atoms with Crippen molar-refractivity contribution in [3.63, 3.8) is 0 Å². The van der Waals surface area contributed by atoms with Crippen LogP contribution in [0.5, 0.6) is 5.75 Å². The van der Waals surface area contributed by atoms with E-state index in [4.69, 9.17) is 9.84 Å². The van der Waals surface area contributed by atoms with Crippen molar-refractivity contribution in [3.05, 3.63) is 35.7 Å². The molecule has 0 aliphatic carbocycles. The molecule has 0 saturated heterocycles. The van der Waals surface area contributed by atoms with Gasteiger partial charge in [-0.15, -0.1) is 5.10 Å². The molecule has 100 valence electrons. The van der Waals surface area contributed by atoms with Gasteiger partial charge in [0.05, 0.1) is 7.11 Å². The zero-order chi connectivity index (χ0) is 13.7. The van der Waals surface area contributed by atoms with E-state index in [2.05, 4.69) is 15.5 Å². The van der Waals surface area contributed by atoms with Gasteiger partial charge in [0.1, 0.15) is 12.3 Å². The topological polar surface area (TPSA) is 90.1 Å². The Hall–Kier alpha value is -2.44. The van der Waals surface area contributed by atoms with Gasteiger partial charge in [0.2, 0.25) is 0 Å². The van der Waals surface area contributed by atoms with Gasteiger partial charge in [-0.25, -0.2) is 4.68 Å². The number of benzene rings is 1. The molecule has 0 amide bonds. The number of rotatable bonds is 6. The molecule has 0 unspecified atom stereocenters. The molecular formula is C12H14N4O3. The third-order valence-electron chi connectivity index (χ3n) is 2.69. The number of aryl methyl sites for hydroxylation is 2. The number of nitrogens with zero attached hydrogens (tertiary/aromatic N) is 4. The summed E-state index contributed by atoms with van der Waals surface area (Å²) >= 11 is 0. The van der Waals surface area contributed by atoms with Crippen LogP contribution in [0.25, 0.3) is 0 Å². The van der Waals surface area contributed by atoms with Gasteiger partial charge in [0, 0.05) is 6.42 Å². The van der Waals surface area contributed by atoms with Crippen molar-refractivity contribution in [3.8, 4) is 5.75 Å². The standard InChI is InChI=1S/C12H14N4O3/c1-19-10-5-2-9(3-6-10)4-7-11-13-14-15-16(11)8-12(17)18/h2-3,5-6H,4,7-8H2,1H3,(H,17,18). The SMILES string of the molecule is COc1ccc(CCc2nnnn2CC(=O)O)cc1. The average molecular weight is 262 g/mol. The van der Waals surface area contributed by atoms with Crippen LogP contribution in [0.2, 0.25) is 0 Å². The summed E-state index contributed by atoms with van der Waals surface area (Å²) in [5, 5.41) is 19.7. The smallest absolute Gasteiger partial charge is 0.325 e. The quantitative estimate of drug-likeness (QED) is 0.817. The van der Waals surface area contributed by atoms with E-state index in [1.165, 1.54) is 4.68 Å². The summed E-state index contributed by atoms with van der Waals surface area (Å²) in [6, 6.07) is 7.69. The lowest BCUT2D eigenvalue weighted by Gasteiger charge is -2.03. The van der Waals surface area contributed by atoms with Crippen molar-refractivity contribution < 1.29 is 14.6 Å². The molecule has 1 N–H and O–H groups in total. The van der Waals surface area contributed by atoms with Crippen molar-refractivity contribution in [2.45, 2.75) is 19.4 Å². The first kappa shape index (κ1) is 13.0. The fourth-order valence-corrected chi connectivity index (χ4v) is 1.70. The second-order valence-corrected chi connectivity index (χ2v) is 3.99. The van der Waals surface area contributed by atoms with Gasteiger partial charge in [-0.1, -0.05) is 12.1 Å². The Kier molecular flexibility index (Phi) is 4.07. The Balaban J connectivity index is 1.98. The molecule has 0 bridgehead atoms. The van der Waals surface area contributed by atoms with Crippen molar-refractivity contribution in [2.24, 2.45) is 0 Å². The van der Waals surface area contributed by atoms with E-state index in [0.29, 0.717) is 12.2 Å². The second kappa shape index (κ2) is 5.94. The molecular weight excluding hydrogens is 248 g/mol. The lowest BCUT2D eigenvalue weighted by Crippen LogP contribution is -2.14. The maximum absolute atomic E-state index is 10.6. The Bertz CT molecular complexity index is 550. The first-order chi connectivity index (χ1) is 9.19. The van der Waals surface area contributed by atoms with Crippen LogP contribution in [0.3, 0.4) is 0 Å². The summed E-state index contributed by atoms with van der Waals surface area (Å²) in [7, 11) is 1.62. The Morgan fingerprint density at radius 3 is 2.68 bits per heavy atom. The number of carboxylic acids is 1. The summed E-state index contributed by atoms with van der Waals surface area (Å²) in [5.41, 5.74) is 1.12. The molecule has 0 saturated carbocycles. The molecule has 0 aliphatic rings. The number of aromatic nitrogens is 4. The molecule has 7 heteroatoms. The number of carboxylic acid groups (broad SMARTS) is 1. The van der Waals surface area contributed by atoms with E-state index >= 15 is 0 Å². The summed E-state index contributed by atoms with van der Waals surface area (Å²) in [5.74, 6) is 0.413. The van der Waals surface area contributed by atoms with Crippen LogP contribution in [0.4, 0.5) is 0 Å². The number of ether oxygens (including phenoxy) is 1. The third kappa shape index (κ3) is 3.51. The van der Waals surface area contributed by atoms with E-state index in [-0.39, 0.29) is 6.54 Å². The molecule has 0 atom stereocenters. The van der Waals surface area contributed by atoms with E-state index in [1.54, 1.807) is 7.11 Å². The predicted molar refractivity (Wildman–Crippen MR) is 65.9 cm³/mol. The largest absolute Gasteiger partial charge is 0.497 e. The Labute approximate surface area is 109 Å². The molecule has 0 radical (unpaired) electrons. The Morgan fingerprint density at radius 2 is 2.05 bits per heavy atom. The molecule has 1 aromatic heterocycles. The molecule has 0 spiro atoms. The average Bonchev–Trinajstić information content (AvgIpc) is 2.83. The maximum Gasteiger partial charge on any atom is 0.325 e. The minimum atomic E-state index is -0.960. The number of aliphatic carboxylic acids is 1. The van der Waals surface area contributed by atoms with Gasteiger partial charge < -0.3 is 9.84 Å². The van der Waals surface area contributed by atoms with Gasteiger partial charge >= 0.3 is 5.97 Å². The number of carbonyl (C=O) groups is 1. The van der Waals surface area contributed by atoms with Gasteiger partial charge in [-0.3, -0.25) is 4.79 Å². The zero-order valence-corrected chi connectivity index (χ0v) is 10.5. The highest BCUT2D eigenvalue weighted by Gasteiger charge is 2.09. The van der Waals surface area contributed by atoms with Crippen molar-refractivity contribution in [2.75, 3.05) is 7.11 Å².